The number of halogens is 1. The number of hydrogen-bond acceptors (Lipinski definition) is 3. The molecule has 0 amide bonds. The van der Waals surface area contributed by atoms with Gasteiger partial charge in [0, 0.05) is 23.2 Å². The lowest BCUT2D eigenvalue weighted by Gasteiger charge is -2.08. The summed E-state index contributed by atoms with van der Waals surface area (Å²) in [4.78, 5) is 0.161. The molecule has 1 aromatic carbocycles. The monoisotopic (exact) mass is 246 g/mol. The molecule has 0 aliphatic carbocycles. The predicted molar refractivity (Wildman–Crippen MR) is 57.7 cm³/mol. The van der Waals surface area contributed by atoms with Gasteiger partial charge in [-0.2, -0.15) is 0 Å². The standard InChI is InChI=1S/C10H11ClO3S/c11-15(12,13)10-3-1-2-8(6-10)9-4-5-14-7-9/h1-3,6,9H,4-5,7H2. The van der Waals surface area contributed by atoms with Crippen LogP contribution in [-0.2, 0) is 13.8 Å². The molecular weight excluding hydrogens is 236 g/mol. The molecule has 15 heavy (non-hydrogen) atoms. The SMILES string of the molecule is O=S(=O)(Cl)c1cccc(C2CCOC2)c1. The Labute approximate surface area is 93.4 Å². The molecule has 1 heterocycles. The number of ether oxygens (including phenoxy) is 1. The summed E-state index contributed by atoms with van der Waals surface area (Å²) in [7, 11) is 1.65. The van der Waals surface area contributed by atoms with E-state index in [0.717, 1.165) is 18.6 Å². The van der Waals surface area contributed by atoms with Crippen molar-refractivity contribution < 1.29 is 13.2 Å². The molecule has 1 aliphatic heterocycles. The van der Waals surface area contributed by atoms with Crippen LogP contribution in [0.25, 0.3) is 0 Å². The van der Waals surface area contributed by atoms with Gasteiger partial charge < -0.3 is 4.74 Å². The summed E-state index contributed by atoms with van der Waals surface area (Å²) in [5, 5.41) is 0. The molecule has 0 bridgehead atoms. The van der Waals surface area contributed by atoms with Crippen molar-refractivity contribution >= 4 is 19.7 Å². The van der Waals surface area contributed by atoms with Gasteiger partial charge in [0.05, 0.1) is 11.5 Å². The second-order valence-electron chi connectivity index (χ2n) is 3.57. The van der Waals surface area contributed by atoms with Crippen molar-refractivity contribution in [3.63, 3.8) is 0 Å². The third-order valence-electron chi connectivity index (χ3n) is 2.54. The summed E-state index contributed by atoms with van der Waals surface area (Å²) >= 11 is 0. The van der Waals surface area contributed by atoms with Crippen molar-refractivity contribution in [3.05, 3.63) is 29.8 Å². The lowest BCUT2D eigenvalue weighted by Crippen LogP contribution is -1.99. The molecule has 0 aromatic heterocycles. The first-order valence-corrected chi connectivity index (χ1v) is 7.00. The highest BCUT2D eigenvalue weighted by atomic mass is 35.7. The van der Waals surface area contributed by atoms with Gasteiger partial charge in [-0.15, -0.1) is 0 Å². The highest BCUT2D eigenvalue weighted by molar-refractivity contribution is 8.13. The van der Waals surface area contributed by atoms with Crippen LogP contribution in [0, 0.1) is 0 Å². The second-order valence-corrected chi connectivity index (χ2v) is 6.14. The maximum atomic E-state index is 11.1. The van der Waals surface area contributed by atoms with E-state index in [1.54, 1.807) is 12.1 Å². The van der Waals surface area contributed by atoms with E-state index in [-0.39, 0.29) is 4.90 Å². The number of hydrogen-bond donors (Lipinski definition) is 0. The van der Waals surface area contributed by atoms with Gasteiger partial charge in [0.2, 0.25) is 0 Å². The summed E-state index contributed by atoms with van der Waals surface area (Å²) in [5.41, 5.74) is 0.981. The summed E-state index contributed by atoms with van der Waals surface area (Å²) in [5.74, 6) is 0.295. The Bertz CT molecular complexity index is 449. The normalized spacial score (nSPS) is 21.8. The number of rotatable bonds is 2. The fourth-order valence-electron chi connectivity index (χ4n) is 1.72. The molecule has 0 saturated carbocycles. The van der Waals surface area contributed by atoms with E-state index in [0.29, 0.717) is 12.5 Å². The first-order chi connectivity index (χ1) is 7.07. The van der Waals surface area contributed by atoms with Crippen LogP contribution < -0.4 is 0 Å². The van der Waals surface area contributed by atoms with E-state index in [2.05, 4.69) is 0 Å². The van der Waals surface area contributed by atoms with Gasteiger partial charge in [-0.05, 0) is 24.1 Å². The van der Waals surface area contributed by atoms with Crippen LogP contribution in [0.3, 0.4) is 0 Å². The maximum absolute atomic E-state index is 11.1. The van der Waals surface area contributed by atoms with Crippen molar-refractivity contribution in [1.82, 2.24) is 0 Å². The summed E-state index contributed by atoms with van der Waals surface area (Å²) < 4.78 is 27.5. The third-order valence-corrected chi connectivity index (χ3v) is 3.89. The van der Waals surface area contributed by atoms with E-state index in [9.17, 15) is 8.42 Å². The zero-order chi connectivity index (χ0) is 10.9. The smallest absolute Gasteiger partial charge is 0.261 e. The first-order valence-electron chi connectivity index (χ1n) is 4.70. The fraction of sp³-hybridized carbons (Fsp3) is 0.400. The third kappa shape index (κ3) is 2.51. The van der Waals surface area contributed by atoms with Crippen molar-refractivity contribution in [2.24, 2.45) is 0 Å². The first kappa shape index (κ1) is 10.9. The van der Waals surface area contributed by atoms with Gasteiger partial charge in [0.15, 0.2) is 0 Å². The molecule has 5 heteroatoms. The maximum Gasteiger partial charge on any atom is 0.261 e. The Morgan fingerprint density at radius 1 is 1.40 bits per heavy atom. The van der Waals surface area contributed by atoms with Crippen LogP contribution >= 0.6 is 10.7 Å². The molecule has 1 aliphatic rings. The van der Waals surface area contributed by atoms with Gasteiger partial charge in [-0.25, -0.2) is 8.42 Å². The molecule has 1 fully saturated rings. The van der Waals surface area contributed by atoms with Crippen molar-refractivity contribution in [3.8, 4) is 0 Å². The van der Waals surface area contributed by atoms with E-state index in [1.807, 2.05) is 6.07 Å². The Morgan fingerprint density at radius 2 is 2.20 bits per heavy atom. The molecule has 1 unspecified atom stereocenters. The van der Waals surface area contributed by atoms with Crippen molar-refractivity contribution in [1.29, 1.82) is 0 Å². The Balaban J connectivity index is 2.34. The van der Waals surface area contributed by atoms with Gasteiger partial charge in [-0.3, -0.25) is 0 Å². The largest absolute Gasteiger partial charge is 0.381 e. The van der Waals surface area contributed by atoms with Crippen LogP contribution in [0.15, 0.2) is 29.2 Å². The minimum Gasteiger partial charge on any atom is -0.381 e. The lowest BCUT2D eigenvalue weighted by molar-refractivity contribution is 0.194. The average molecular weight is 247 g/mol. The quantitative estimate of drug-likeness (QED) is 0.751. The van der Waals surface area contributed by atoms with Crippen LogP contribution in [-0.4, -0.2) is 21.6 Å². The Hall–Kier alpha value is -0.580. The summed E-state index contributed by atoms with van der Waals surface area (Å²) in [6.07, 6.45) is 0.936. The van der Waals surface area contributed by atoms with Gasteiger partial charge in [0.1, 0.15) is 0 Å². The topological polar surface area (TPSA) is 43.4 Å². The molecule has 0 radical (unpaired) electrons. The van der Waals surface area contributed by atoms with Crippen LogP contribution in [0.1, 0.15) is 17.9 Å². The van der Waals surface area contributed by atoms with Gasteiger partial charge >= 0.3 is 0 Å². The second kappa shape index (κ2) is 4.12. The summed E-state index contributed by atoms with van der Waals surface area (Å²) in [6.45, 7) is 1.40. The minimum atomic E-state index is -3.62. The van der Waals surface area contributed by atoms with E-state index in [4.69, 9.17) is 15.4 Å². The van der Waals surface area contributed by atoms with E-state index >= 15 is 0 Å². The average Bonchev–Trinajstić information content (AvgIpc) is 2.69. The van der Waals surface area contributed by atoms with Gasteiger partial charge in [0.25, 0.3) is 9.05 Å². The molecule has 0 spiro atoms. The van der Waals surface area contributed by atoms with Crippen LogP contribution in [0.2, 0.25) is 0 Å². The molecule has 1 saturated heterocycles. The minimum absolute atomic E-state index is 0.161. The molecule has 1 aromatic rings. The molecule has 1 atom stereocenters. The van der Waals surface area contributed by atoms with Crippen molar-refractivity contribution in [2.45, 2.75) is 17.2 Å². The Kier molecular flexibility index (Phi) is 3.00. The highest BCUT2D eigenvalue weighted by Gasteiger charge is 2.19. The zero-order valence-electron chi connectivity index (χ0n) is 8.02. The van der Waals surface area contributed by atoms with Crippen LogP contribution in [0.5, 0.6) is 0 Å². The summed E-state index contributed by atoms with van der Waals surface area (Å²) in [6, 6.07) is 6.75. The molecule has 0 N–H and O–H groups in total. The molecule has 2 rings (SSSR count). The predicted octanol–water partition coefficient (Wildman–Crippen LogP) is 2.12. The van der Waals surface area contributed by atoms with E-state index < -0.39 is 9.05 Å². The zero-order valence-corrected chi connectivity index (χ0v) is 9.59. The highest BCUT2D eigenvalue weighted by Crippen LogP contribution is 2.27. The fourth-order valence-corrected chi connectivity index (χ4v) is 2.52. The van der Waals surface area contributed by atoms with Crippen LogP contribution in [0.4, 0.5) is 0 Å². The number of benzene rings is 1. The van der Waals surface area contributed by atoms with E-state index in [1.165, 1.54) is 6.07 Å². The van der Waals surface area contributed by atoms with Crippen molar-refractivity contribution in [2.75, 3.05) is 13.2 Å². The molecule has 82 valence electrons. The van der Waals surface area contributed by atoms with Gasteiger partial charge in [-0.1, -0.05) is 12.1 Å². The molecular formula is C10H11ClO3S. The lowest BCUT2D eigenvalue weighted by atomic mass is 9.99. The molecule has 3 nitrogen and oxygen atoms in total. The Morgan fingerprint density at radius 3 is 2.80 bits per heavy atom.